The third-order valence-corrected chi connectivity index (χ3v) is 10.5. The summed E-state index contributed by atoms with van der Waals surface area (Å²) in [5, 5.41) is 6.06. The smallest absolute Gasteiger partial charge is 0.445 e. The van der Waals surface area contributed by atoms with E-state index < -0.39 is 25.0 Å². The minimum Gasteiger partial charge on any atom is -0.445 e. The number of carbonyl (C=O) groups excluding carboxylic acids is 2. The van der Waals surface area contributed by atoms with E-state index in [1.165, 1.54) is 0 Å². The molecular formula is C43H39N2O6P. The second-order valence-corrected chi connectivity index (χ2v) is 14.1. The van der Waals surface area contributed by atoms with E-state index in [9.17, 15) is 14.2 Å². The van der Waals surface area contributed by atoms with E-state index >= 15 is 0 Å². The van der Waals surface area contributed by atoms with Gasteiger partial charge in [-0.1, -0.05) is 158 Å². The lowest BCUT2D eigenvalue weighted by molar-refractivity contribution is -0.122. The molecule has 262 valence electrons. The molecule has 6 rings (SSSR count). The first kappa shape index (κ1) is 35.7. The van der Waals surface area contributed by atoms with Crippen molar-refractivity contribution in [1.82, 2.24) is 10.6 Å². The summed E-state index contributed by atoms with van der Waals surface area (Å²) in [7, 11) is -4.30. The molecule has 0 bridgehead atoms. The Kier molecular flexibility index (Phi) is 11.8. The molecule has 0 saturated carbocycles. The Balaban J connectivity index is 1.33. The summed E-state index contributed by atoms with van der Waals surface area (Å²) in [6.07, 6.45) is -1.11. The van der Waals surface area contributed by atoms with E-state index in [0.717, 1.165) is 22.3 Å². The number of hydrogen-bond acceptors (Lipinski definition) is 6. The molecule has 0 spiro atoms. The van der Waals surface area contributed by atoms with Crippen LogP contribution in [0, 0.1) is 0 Å². The molecule has 6 aromatic rings. The predicted molar refractivity (Wildman–Crippen MR) is 202 cm³/mol. The molecule has 0 aromatic heterocycles. The average molecular weight is 711 g/mol. The molecule has 2 amide bonds. The zero-order chi connectivity index (χ0) is 36.1. The highest BCUT2D eigenvalue weighted by Crippen LogP contribution is 2.53. The van der Waals surface area contributed by atoms with Crippen molar-refractivity contribution in [1.29, 1.82) is 0 Å². The van der Waals surface area contributed by atoms with Gasteiger partial charge in [-0.3, -0.25) is 4.79 Å². The van der Waals surface area contributed by atoms with Crippen molar-refractivity contribution in [2.75, 3.05) is 0 Å². The van der Waals surface area contributed by atoms with Gasteiger partial charge in [0.05, 0.1) is 0 Å². The number of hydrogen-bond donors (Lipinski definition) is 2. The van der Waals surface area contributed by atoms with E-state index in [4.69, 9.17) is 13.8 Å². The summed E-state index contributed by atoms with van der Waals surface area (Å²) in [6.45, 7) is -0.0169. The molecule has 6 aromatic carbocycles. The lowest BCUT2D eigenvalue weighted by atomic mass is 9.77. The zero-order valence-electron chi connectivity index (χ0n) is 28.4. The van der Waals surface area contributed by atoms with Gasteiger partial charge in [0.2, 0.25) is 5.91 Å². The van der Waals surface area contributed by atoms with Crippen molar-refractivity contribution in [3.05, 3.63) is 204 Å². The first-order valence-electron chi connectivity index (χ1n) is 17.0. The lowest BCUT2D eigenvalue weighted by Gasteiger charge is -2.37. The fourth-order valence-electron chi connectivity index (χ4n) is 5.93. The van der Waals surface area contributed by atoms with Gasteiger partial charge in [-0.05, 0) is 52.9 Å². The van der Waals surface area contributed by atoms with Crippen molar-refractivity contribution in [2.45, 2.75) is 30.8 Å². The molecule has 0 aliphatic carbocycles. The summed E-state index contributed by atoms with van der Waals surface area (Å²) >= 11 is 0. The van der Waals surface area contributed by atoms with Gasteiger partial charge in [-0.15, -0.1) is 0 Å². The van der Waals surface area contributed by atoms with Gasteiger partial charge in [0.1, 0.15) is 23.6 Å². The third-order valence-electron chi connectivity index (χ3n) is 8.42. The highest BCUT2D eigenvalue weighted by molar-refractivity contribution is 7.55. The first-order chi connectivity index (χ1) is 25.4. The summed E-state index contributed by atoms with van der Waals surface area (Å²) in [5.74, 6) is -1.10. The van der Waals surface area contributed by atoms with E-state index in [1.807, 2.05) is 121 Å². The van der Waals surface area contributed by atoms with Gasteiger partial charge in [0, 0.05) is 6.42 Å². The maximum absolute atomic E-state index is 15.0. The van der Waals surface area contributed by atoms with Gasteiger partial charge in [-0.2, -0.15) is 0 Å². The van der Waals surface area contributed by atoms with Crippen LogP contribution in [-0.4, -0.2) is 17.8 Å². The number of amides is 2. The topological polar surface area (TPSA) is 103 Å². The number of ether oxygens (including phenoxy) is 1. The van der Waals surface area contributed by atoms with E-state index in [1.54, 1.807) is 60.7 Å². The predicted octanol–water partition coefficient (Wildman–Crippen LogP) is 9.48. The van der Waals surface area contributed by atoms with Crippen molar-refractivity contribution in [3.63, 3.8) is 0 Å². The van der Waals surface area contributed by atoms with Crippen LogP contribution in [0.15, 0.2) is 182 Å². The van der Waals surface area contributed by atoms with Crippen molar-refractivity contribution in [3.8, 4) is 11.5 Å². The SMILES string of the molecule is O=C(CCC(NC(=O)OCc1ccccc1)P(=O)(Oc1ccccc1)Oc1ccccc1)NC(c1ccccc1)(c1ccccc1)c1ccccc1. The number of para-hydroxylation sites is 2. The van der Waals surface area contributed by atoms with E-state index in [-0.39, 0.29) is 36.9 Å². The zero-order valence-corrected chi connectivity index (χ0v) is 29.3. The van der Waals surface area contributed by atoms with E-state index in [0.29, 0.717) is 0 Å². The monoisotopic (exact) mass is 710 g/mol. The number of carbonyl (C=O) groups is 2. The van der Waals surface area contributed by atoms with Gasteiger partial charge in [0.15, 0.2) is 5.78 Å². The van der Waals surface area contributed by atoms with Gasteiger partial charge in [-0.25, -0.2) is 9.36 Å². The quantitative estimate of drug-likeness (QED) is 0.0813. The van der Waals surface area contributed by atoms with Crippen LogP contribution in [0.25, 0.3) is 0 Å². The van der Waals surface area contributed by atoms with Gasteiger partial charge in [0.25, 0.3) is 0 Å². The molecule has 0 radical (unpaired) electrons. The molecule has 8 nitrogen and oxygen atoms in total. The summed E-state index contributed by atoms with van der Waals surface area (Å²) in [5.41, 5.74) is 2.27. The van der Waals surface area contributed by atoms with Crippen LogP contribution < -0.4 is 19.7 Å². The van der Waals surface area contributed by atoms with E-state index in [2.05, 4.69) is 10.6 Å². The van der Waals surface area contributed by atoms with Crippen LogP contribution in [0.4, 0.5) is 4.79 Å². The Hall–Kier alpha value is -6.11. The fraction of sp³-hybridized carbons (Fsp3) is 0.116. The molecule has 0 fully saturated rings. The number of alkyl carbamates (subject to hydrolysis) is 1. The molecular weight excluding hydrogens is 671 g/mol. The molecule has 0 aliphatic rings. The van der Waals surface area contributed by atoms with Gasteiger partial charge < -0.3 is 24.4 Å². The molecule has 0 saturated heterocycles. The van der Waals surface area contributed by atoms with Crippen LogP contribution in [0.2, 0.25) is 0 Å². The second kappa shape index (κ2) is 17.2. The molecule has 9 heteroatoms. The third kappa shape index (κ3) is 8.97. The Labute approximate surface area is 303 Å². The van der Waals surface area contributed by atoms with Crippen LogP contribution >= 0.6 is 7.60 Å². The fourth-order valence-corrected chi connectivity index (χ4v) is 7.76. The largest absolute Gasteiger partial charge is 0.453 e. The summed E-state index contributed by atoms with van der Waals surface area (Å²) in [6, 6.07) is 55.6. The molecule has 1 unspecified atom stereocenters. The maximum Gasteiger partial charge on any atom is 0.453 e. The van der Waals surface area contributed by atoms with Crippen LogP contribution in [0.5, 0.6) is 11.5 Å². The van der Waals surface area contributed by atoms with Crippen molar-refractivity contribution < 1.29 is 27.9 Å². The average Bonchev–Trinajstić information content (AvgIpc) is 3.20. The maximum atomic E-state index is 15.0. The van der Waals surface area contributed by atoms with Gasteiger partial charge >= 0.3 is 13.7 Å². The Morgan fingerprint density at radius 3 is 1.37 bits per heavy atom. The number of nitrogens with one attached hydrogen (secondary N) is 2. The van der Waals surface area contributed by atoms with Crippen molar-refractivity contribution >= 4 is 19.6 Å². The Morgan fingerprint density at radius 1 is 0.558 bits per heavy atom. The summed E-state index contributed by atoms with van der Waals surface area (Å²) < 4.78 is 32.7. The summed E-state index contributed by atoms with van der Waals surface area (Å²) in [4.78, 5) is 27.6. The minimum absolute atomic E-state index is 0.0169. The number of rotatable bonds is 15. The highest BCUT2D eigenvalue weighted by atomic mass is 31.2. The first-order valence-corrected chi connectivity index (χ1v) is 18.6. The highest BCUT2D eigenvalue weighted by Gasteiger charge is 2.43. The van der Waals surface area contributed by atoms with Crippen LogP contribution in [-0.2, 0) is 26.2 Å². The molecule has 52 heavy (non-hydrogen) atoms. The second-order valence-electron chi connectivity index (χ2n) is 12.0. The standard InChI is InChI=1S/C43H39N2O6P/c46-40(45-43(35-21-9-2-10-22-35,36-23-11-3-12-24-36)37-25-13-4-14-26-37)31-32-41(44-42(47)49-33-34-19-7-1-8-20-34)52(48,50-38-27-15-5-16-28-38)51-39-29-17-6-18-30-39/h1-30,41H,31-33H2,(H,44,47)(H,45,46). The normalized spacial score (nSPS) is 11.8. The van der Waals surface area contributed by atoms with Crippen molar-refractivity contribution in [2.24, 2.45) is 0 Å². The Morgan fingerprint density at radius 2 is 0.942 bits per heavy atom. The number of benzene rings is 6. The molecule has 2 N–H and O–H groups in total. The van der Waals surface area contributed by atoms with Crippen LogP contribution in [0.1, 0.15) is 35.1 Å². The molecule has 0 heterocycles. The minimum atomic E-state index is -4.30. The molecule has 1 atom stereocenters. The Bertz CT molecular complexity index is 1910. The van der Waals surface area contributed by atoms with Crippen LogP contribution in [0.3, 0.4) is 0 Å². The molecule has 0 aliphatic heterocycles. The lowest BCUT2D eigenvalue weighted by Crippen LogP contribution is -2.48.